The molecule has 1 N–H and O–H groups in total. The molecule has 0 radical (unpaired) electrons. The number of rotatable bonds is 2. The van der Waals surface area contributed by atoms with Gasteiger partial charge in [0.1, 0.15) is 5.78 Å². The van der Waals surface area contributed by atoms with Crippen molar-refractivity contribution in [1.82, 2.24) is 0 Å². The number of nitrogens with one attached hydrogen (secondary N) is 1. The number of para-hydroxylation sites is 1. The Hall–Kier alpha value is -1.85. The summed E-state index contributed by atoms with van der Waals surface area (Å²) in [5.74, 6) is -0.461. The minimum atomic E-state index is -4.55. The largest absolute Gasteiger partial charge is 0.418 e. The number of benzene rings is 1. The summed E-state index contributed by atoms with van der Waals surface area (Å²) in [6.07, 6.45) is -3.35. The lowest BCUT2D eigenvalue weighted by atomic mass is 9.64. The number of hydrogen-bond donors (Lipinski definition) is 1. The first-order chi connectivity index (χ1) is 11.0. The lowest BCUT2D eigenvalue weighted by molar-refractivity contribution is -0.137. The summed E-state index contributed by atoms with van der Waals surface area (Å²) in [7, 11) is 0. The number of alkyl halides is 3. The number of hydrogen-bond acceptors (Lipinski definition) is 2. The van der Waals surface area contributed by atoms with E-state index in [-0.39, 0.29) is 17.9 Å². The first kappa shape index (κ1) is 17.0. The molecular weight excluding hydrogens is 319 g/mol. The Balaban J connectivity index is 1.97. The highest BCUT2D eigenvalue weighted by Crippen LogP contribution is 2.70. The molecule has 0 heterocycles. The van der Waals surface area contributed by atoms with Gasteiger partial charge < -0.3 is 5.32 Å². The molecule has 1 amide bonds. The van der Waals surface area contributed by atoms with Crippen LogP contribution in [0.4, 0.5) is 18.9 Å². The molecule has 2 bridgehead atoms. The van der Waals surface area contributed by atoms with Gasteiger partial charge >= 0.3 is 6.18 Å². The van der Waals surface area contributed by atoms with E-state index in [0.29, 0.717) is 12.8 Å². The van der Waals surface area contributed by atoms with Crippen LogP contribution >= 0.6 is 0 Å². The van der Waals surface area contributed by atoms with Gasteiger partial charge in [0.05, 0.1) is 16.7 Å². The van der Waals surface area contributed by atoms with E-state index in [2.05, 4.69) is 5.32 Å². The Morgan fingerprint density at radius 1 is 1.12 bits per heavy atom. The van der Waals surface area contributed by atoms with Crippen LogP contribution in [-0.4, -0.2) is 11.7 Å². The molecule has 6 heteroatoms. The van der Waals surface area contributed by atoms with Crippen molar-refractivity contribution in [2.75, 3.05) is 5.32 Å². The van der Waals surface area contributed by atoms with Crippen molar-refractivity contribution in [2.24, 2.45) is 16.2 Å². The summed E-state index contributed by atoms with van der Waals surface area (Å²) in [6, 6.07) is 4.92. The number of Topliss-reactive ketones (excluding diaryl/α,β-unsaturated/α-hetero) is 1. The molecule has 2 aliphatic rings. The Kier molecular flexibility index (Phi) is 3.42. The maximum Gasteiger partial charge on any atom is 0.418 e. The highest BCUT2D eigenvalue weighted by Gasteiger charge is 2.72. The van der Waals surface area contributed by atoms with Crippen molar-refractivity contribution in [3.63, 3.8) is 0 Å². The molecule has 1 aromatic rings. The molecule has 2 atom stereocenters. The van der Waals surface area contributed by atoms with Gasteiger partial charge in [-0.1, -0.05) is 32.9 Å². The van der Waals surface area contributed by atoms with E-state index in [1.165, 1.54) is 18.2 Å². The van der Waals surface area contributed by atoms with Crippen molar-refractivity contribution in [1.29, 1.82) is 0 Å². The van der Waals surface area contributed by atoms with Crippen molar-refractivity contribution in [3.8, 4) is 0 Å². The van der Waals surface area contributed by atoms with Crippen LogP contribution in [0.5, 0.6) is 0 Å². The fraction of sp³-hybridized carbons (Fsp3) is 0.556. The Morgan fingerprint density at radius 2 is 1.75 bits per heavy atom. The van der Waals surface area contributed by atoms with Gasteiger partial charge in [-0.2, -0.15) is 13.2 Å². The van der Waals surface area contributed by atoms with Crippen molar-refractivity contribution < 1.29 is 22.8 Å². The fourth-order valence-corrected chi connectivity index (χ4v) is 4.44. The molecule has 2 aliphatic carbocycles. The zero-order chi connectivity index (χ0) is 18.0. The summed E-state index contributed by atoms with van der Waals surface area (Å²) >= 11 is 0. The molecule has 0 saturated heterocycles. The molecule has 0 unspecified atom stereocenters. The SMILES string of the molecule is CC1(C)[C@@]2(C(=O)Nc3ccccc3C(F)(F)F)CC[C@@]1(C)C(=O)C2. The van der Waals surface area contributed by atoms with Crippen LogP contribution in [0.25, 0.3) is 0 Å². The Labute approximate surface area is 138 Å². The lowest BCUT2D eigenvalue weighted by Gasteiger charge is -2.38. The van der Waals surface area contributed by atoms with Gasteiger partial charge in [0, 0.05) is 11.8 Å². The van der Waals surface area contributed by atoms with Gasteiger partial charge in [-0.05, 0) is 30.4 Å². The minimum absolute atomic E-state index is 0.0259. The second-order valence-corrected chi connectivity index (χ2v) is 7.64. The average molecular weight is 339 g/mol. The highest BCUT2D eigenvalue weighted by atomic mass is 19.4. The predicted octanol–water partition coefficient (Wildman–Crippen LogP) is 4.43. The van der Waals surface area contributed by atoms with Gasteiger partial charge in [-0.25, -0.2) is 0 Å². The second kappa shape index (κ2) is 4.83. The average Bonchev–Trinajstić information content (AvgIpc) is 2.77. The van der Waals surface area contributed by atoms with Gasteiger partial charge in [0.2, 0.25) is 5.91 Å². The molecule has 130 valence electrons. The summed E-state index contributed by atoms with van der Waals surface area (Å²) in [5.41, 5.74) is -3.26. The van der Waals surface area contributed by atoms with E-state index in [1.807, 2.05) is 20.8 Å². The van der Waals surface area contributed by atoms with E-state index in [4.69, 9.17) is 0 Å². The van der Waals surface area contributed by atoms with Crippen LogP contribution in [0.1, 0.15) is 45.6 Å². The van der Waals surface area contributed by atoms with E-state index >= 15 is 0 Å². The lowest BCUT2D eigenvalue weighted by Crippen LogP contribution is -2.43. The van der Waals surface area contributed by atoms with E-state index < -0.39 is 33.9 Å². The van der Waals surface area contributed by atoms with Crippen LogP contribution in [0.2, 0.25) is 0 Å². The standard InChI is InChI=1S/C18H20F3NO2/c1-15(2)16(3)8-9-17(15,10-13(16)23)14(24)22-12-7-5-4-6-11(12)18(19,20)21/h4-7H,8-10H2,1-3H3,(H,22,24)/t16-,17-/m0/s1. The first-order valence-electron chi connectivity index (χ1n) is 7.97. The molecule has 0 spiro atoms. The molecule has 2 fully saturated rings. The summed E-state index contributed by atoms with van der Waals surface area (Å²) in [4.78, 5) is 25.3. The normalized spacial score (nSPS) is 31.3. The number of halogens is 3. The van der Waals surface area contributed by atoms with Crippen LogP contribution < -0.4 is 5.32 Å². The minimum Gasteiger partial charge on any atom is -0.325 e. The Bertz CT molecular complexity index is 725. The number of ketones is 1. The van der Waals surface area contributed by atoms with Gasteiger partial charge in [0.25, 0.3) is 0 Å². The van der Waals surface area contributed by atoms with Gasteiger partial charge in [-0.3, -0.25) is 9.59 Å². The molecule has 2 saturated carbocycles. The van der Waals surface area contributed by atoms with Crippen molar-refractivity contribution in [2.45, 2.75) is 46.2 Å². The zero-order valence-electron chi connectivity index (χ0n) is 13.9. The van der Waals surface area contributed by atoms with E-state index in [0.717, 1.165) is 6.07 Å². The zero-order valence-corrected chi connectivity index (χ0v) is 13.9. The van der Waals surface area contributed by atoms with Crippen molar-refractivity contribution in [3.05, 3.63) is 29.8 Å². The molecular formula is C18H20F3NO2. The molecule has 0 aliphatic heterocycles. The fourth-order valence-electron chi connectivity index (χ4n) is 4.44. The molecule has 0 aromatic heterocycles. The van der Waals surface area contributed by atoms with E-state index in [9.17, 15) is 22.8 Å². The number of carbonyl (C=O) groups excluding carboxylic acids is 2. The summed E-state index contributed by atoms with van der Waals surface area (Å²) < 4.78 is 39.4. The number of fused-ring (bicyclic) bond motifs is 2. The molecule has 1 aromatic carbocycles. The van der Waals surface area contributed by atoms with Crippen molar-refractivity contribution >= 4 is 17.4 Å². The smallest absolute Gasteiger partial charge is 0.325 e. The van der Waals surface area contributed by atoms with Crippen LogP contribution in [-0.2, 0) is 15.8 Å². The summed E-state index contributed by atoms with van der Waals surface area (Å²) in [6.45, 7) is 5.61. The van der Waals surface area contributed by atoms with Crippen LogP contribution in [0, 0.1) is 16.2 Å². The second-order valence-electron chi connectivity index (χ2n) is 7.64. The quantitative estimate of drug-likeness (QED) is 0.866. The third-order valence-corrected chi connectivity index (χ3v) is 6.62. The van der Waals surface area contributed by atoms with Gasteiger partial charge in [-0.15, -0.1) is 0 Å². The van der Waals surface area contributed by atoms with E-state index in [1.54, 1.807) is 0 Å². The number of amides is 1. The topological polar surface area (TPSA) is 46.2 Å². The third-order valence-electron chi connectivity index (χ3n) is 6.62. The maximum atomic E-state index is 13.1. The summed E-state index contributed by atoms with van der Waals surface area (Å²) in [5, 5.41) is 2.46. The molecule has 24 heavy (non-hydrogen) atoms. The maximum absolute atomic E-state index is 13.1. The molecule has 3 rings (SSSR count). The monoisotopic (exact) mass is 339 g/mol. The van der Waals surface area contributed by atoms with Crippen LogP contribution in [0.15, 0.2) is 24.3 Å². The van der Waals surface area contributed by atoms with Gasteiger partial charge in [0.15, 0.2) is 0 Å². The van der Waals surface area contributed by atoms with Crippen LogP contribution in [0.3, 0.4) is 0 Å². The number of carbonyl (C=O) groups is 2. The highest BCUT2D eigenvalue weighted by molar-refractivity contribution is 6.04. The first-order valence-corrected chi connectivity index (χ1v) is 7.97. The number of anilines is 1. The Morgan fingerprint density at radius 3 is 2.25 bits per heavy atom. The third kappa shape index (κ3) is 1.98. The predicted molar refractivity (Wildman–Crippen MR) is 83.3 cm³/mol. The molecule has 3 nitrogen and oxygen atoms in total.